The Labute approximate surface area is 189 Å². The molecule has 1 aromatic heterocycles. The van der Waals surface area contributed by atoms with E-state index in [9.17, 15) is 0 Å². The molecule has 0 atom stereocenters. The molecule has 1 heterocycles. The topological polar surface area (TPSA) is 24.9 Å². The van der Waals surface area contributed by atoms with E-state index in [4.69, 9.17) is 4.98 Å². The summed E-state index contributed by atoms with van der Waals surface area (Å²) in [4.78, 5) is 5.00. The van der Waals surface area contributed by atoms with Crippen molar-refractivity contribution in [3.8, 4) is 44.8 Å². The maximum absolute atomic E-state index is 5.00. The highest BCUT2D eigenvalue weighted by molar-refractivity contribution is 5.86. The summed E-state index contributed by atoms with van der Waals surface area (Å²) >= 11 is 0. The summed E-state index contributed by atoms with van der Waals surface area (Å²) in [5.74, 6) is 0. The Bertz CT molecular complexity index is 1270. The Balaban J connectivity index is 1.67. The van der Waals surface area contributed by atoms with Gasteiger partial charge < -0.3 is 5.32 Å². The minimum Gasteiger partial charge on any atom is -0.388 e. The molecule has 5 aromatic rings. The van der Waals surface area contributed by atoms with Crippen molar-refractivity contribution in [2.45, 2.75) is 0 Å². The highest BCUT2D eigenvalue weighted by atomic mass is 14.8. The van der Waals surface area contributed by atoms with Gasteiger partial charge in [-0.3, -0.25) is 0 Å². The number of anilines is 1. The van der Waals surface area contributed by atoms with Gasteiger partial charge in [0.1, 0.15) is 0 Å². The van der Waals surface area contributed by atoms with E-state index in [0.717, 1.165) is 39.3 Å². The molecule has 4 aromatic carbocycles. The number of benzene rings is 4. The zero-order chi connectivity index (χ0) is 21.8. The SMILES string of the molecule is CNc1cc(-c2ccccc2)ccc1-c1cc(-c2ccccc2)nc(-c2ccccc2)c1. The van der Waals surface area contributed by atoms with Crippen LogP contribution in [-0.4, -0.2) is 12.0 Å². The van der Waals surface area contributed by atoms with Crippen LogP contribution in [-0.2, 0) is 0 Å². The molecule has 2 nitrogen and oxygen atoms in total. The van der Waals surface area contributed by atoms with Gasteiger partial charge in [0.05, 0.1) is 11.4 Å². The Morgan fingerprint density at radius 3 is 1.47 bits per heavy atom. The third kappa shape index (κ3) is 4.03. The highest BCUT2D eigenvalue weighted by Gasteiger charge is 2.12. The lowest BCUT2D eigenvalue weighted by Gasteiger charge is -2.15. The van der Waals surface area contributed by atoms with Crippen LogP contribution in [0.4, 0.5) is 5.69 Å². The van der Waals surface area contributed by atoms with Crippen LogP contribution in [0.25, 0.3) is 44.8 Å². The second-order valence-corrected chi connectivity index (χ2v) is 7.73. The fourth-order valence-electron chi connectivity index (χ4n) is 4.01. The number of pyridine rings is 1. The molecule has 0 amide bonds. The van der Waals surface area contributed by atoms with Gasteiger partial charge in [0.25, 0.3) is 0 Å². The Morgan fingerprint density at radius 2 is 0.969 bits per heavy atom. The normalized spacial score (nSPS) is 10.7. The largest absolute Gasteiger partial charge is 0.388 e. The molecular formula is C30H24N2. The van der Waals surface area contributed by atoms with Crippen LogP contribution in [0.15, 0.2) is 121 Å². The quantitative estimate of drug-likeness (QED) is 0.319. The van der Waals surface area contributed by atoms with Crippen LogP contribution >= 0.6 is 0 Å². The van der Waals surface area contributed by atoms with Gasteiger partial charge in [0.2, 0.25) is 0 Å². The number of nitrogens with one attached hydrogen (secondary N) is 1. The lowest BCUT2D eigenvalue weighted by atomic mass is 9.96. The van der Waals surface area contributed by atoms with Crippen molar-refractivity contribution < 1.29 is 0 Å². The Kier molecular flexibility index (Phi) is 5.50. The zero-order valence-electron chi connectivity index (χ0n) is 18.0. The molecule has 0 bridgehead atoms. The van der Waals surface area contributed by atoms with E-state index in [1.807, 2.05) is 25.2 Å². The Hall–Kier alpha value is -4.17. The summed E-state index contributed by atoms with van der Waals surface area (Å²) < 4.78 is 0. The van der Waals surface area contributed by atoms with Crippen LogP contribution in [0, 0.1) is 0 Å². The average Bonchev–Trinajstić information content (AvgIpc) is 2.89. The van der Waals surface area contributed by atoms with E-state index < -0.39 is 0 Å². The maximum Gasteiger partial charge on any atom is 0.0715 e. The van der Waals surface area contributed by atoms with Gasteiger partial charge in [-0.25, -0.2) is 4.98 Å². The number of hydrogen-bond donors (Lipinski definition) is 1. The lowest BCUT2D eigenvalue weighted by Crippen LogP contribution is -1.95. The van der Waals surface area contributed by atoms with E-state index in [-0.39, 0.29) is 0 Å². The van der Waals surface area contributed by atoms with Crippen LogP contribution < -0.4 is 5.32 Å². The number of hydrogen-bond acceptors (Lipinski definition) is 2. The molecule has 5 rings (SSSR count). The predicted octanol–water partition coefficient (Wildman–Crippen LogP) is 7.79. The first-order chi connectivity index (χ1) is 15.8. The van der Waals surface area contributed by atoms with Gasteiger partial charge >= 0.3 is 0 Å². The van der Waals surface area contributed by atoms with Crippen LogP contribution in [0.3, 0.4) is 0 Å². The van der Waals surface area contributed by atoms with Crippen molar-refractivity contribution in [3.05, 3.63) is 121 Å². The van der Waals surface area contributed by atoms with Crippen molar-refractivity contribution in [2.24, 2.45) is 0 Å². The van der Waals surface area contributed by atoms with Crippen LogP contribution in [0.1, 0.15) is 0 Å². The molecule has 1 N–H and O–H groups in total. The summed E-state index contributed by atoms with van der Waals surface area (Å²) in [6, 6.07) is 42.2. The monoisotopic (exact) mass is 412 g/mol. The van der Waals surface area contributed by atoms with Gasteiger partial charge in [-0.1, -0.05) is 103 Å². The minimum atomic E-state index is 0.969. The molecule has 0 aliphatic carbocycles. The van der Waals surface area contributed by atoms with Crippen LogP contribution in [0.5, 0.6) is 0 Å². The molecule has 0 aliphatic rings. The summed E-state index contributed by atoms with van der Waals surface area (Å²) in [7, 11) is 1.98. The highest BCUT2D eigenvalue weighted by Crippen LogP contribution is 2.36. The Morgan fingerprint density at radius 1 is 0.469 bits per heavy atom. The van der Waals surface area contributed by atoms with E-state index in [1.54, 1.807) is 0 Å². The maximum atomic E-state index is 5.00. The molecule has 154 valence electrons. The lowest BCUT2D eigenvalue weighted by molar-refractivity contribution is 1.32. The van der Waals surface area contributed by atoms with E-state index >= 15 is 0 Å². The summed E-state index contributed by atoms with van der Waals surface area (Å²) in [6.45, 7) is 0. The average molecular weight is 413 g/mol. The third-order valence-corrected chi connectivity index (χ3v) is 5.67. The summed E-state index contributed by atoms with van der Waals surface area (Å²) in [6.07, 6.45) is 0. The smallest absolute Gasteiger partial charge is 0.0715 e. The molecule has 0 spiro atoms. The van der Waals surface area contributed by atoms with Crippen molar-refractivity contribution >= 4 is 5.69 Å². The van der Waals surface area contributed by atoms with E-state index in [0.29, 0.717) is 0 Å². The second kappa shape index (κ2) is 8.91. The number of nitrogens with zero attached hydrogens (tertiary/aromatic N) is 1. The van der Waals surface area contributed by atoms with Gasteiger partial charge in [-0.05, 0) is 34.9 Å². The summed E-state index contributed by atoms with van der Waals surface area (Å²) in [5, 5.41) is 3.40. The van der Waals surface area contributed by atoms with Crippen molar-refractivity contribution in [2.75, 3.05) is 12.4 Å². The van der Waals surface area contributed by atoms with Crippen molar-refractivity contribution in [3.63, 3.8) is 0 Å². The molecule has 0 fully saturated rings. The molecule has 0 saturated carbocycles. The second-order valence-electron chi connectivity index (χ2n) is 7.73. The van der Waals surface area contributed by atoms with Crippen molar-refractivity contribution in [1.82, 2.24) is 4.98 Å². The predicted molar refractivity (Wildman–Crippen MR) is 136 cm³/mol. The van der Waals surface area contributed by atoms with Gasteiger partial charge in [0.15, 0.2) is 0 Å². The molecule has 0 unspecified atom stereocenters. The first-order valence-electron chi connectivity index (χ1n) is 10.8. The third-order valence-electron chi connectivity index (χ3n) is 5.67. The zero-order valence-corrected chi connectivity index (χ0v) is 18.0. The molecule has 0 aliphatic heterocycles. The molecule has 32 heavy (non-hydrogen) atoms. The minimum absolute atomic E-state index is 0.969. The molecule has 0 saturated heterocycles. The van der Waals surface area contributed by atoms with E-state index in [1.165, 1.54) is 11.1 Å². The van der Waals surface area contributed by atoms with Crippen molar-refractivity contribution in [1.29, 1.82) is 0 Å². The number of rotatable bonds is 5. The fraction of sp³-hybridized carbons (Fsp3) is 0.0333. The molecule has 0 radical (unpaired) electrons. The molecular weight excluding hydrogens is 388 g/mol. The number of aromatic nitrogens is 1. The van der Waals surface area contributed by atoms with E-state index in [2.05, 4.69) is 108 Å². The molecule has 2 heteroatoms. The first-order valence-corrected chi connectivity index (χ1v) is 10.8. The summed E-state index contributed by atoms with van der Waals surface area (Å²) in [5.41, 5.74) is 9.95. The van der Waals surface area contributed by atoms with Gasteiger partial charge in [-0.15, -0.1) is 0 Å². The first kappa shape index (κ1) is 19.8. The van der Waals surface area contributed by atoms with Crippen LogP contribution in [0.2, 0.25) is 0 Å². The fourth-order valence-corrected chi connectivity index (χ4v) is 4.01. The standard InChI is InChI=1S/C30H24N2/c1-31-30-19-25(22-11-5-2-6-12-22)17-18-27(30)26-20-28(23-13-7-3-8-14-23)32-29(21-26)24-15-9-4-10-16-24/h2-21,31H,1H3. The van der Waals surface area contributed by atoms with Gasteiger partial charge in [-0.2, -0.15) is 0 Å². The van der Waals surface area contributed by atoms with Gasteiger partial charge in [0, 0.05) is 29.4 Å².